The number of carbonyl (C=O) groups excluding carboxylic acids is 1. The third-order valence-corrected chi connectivity index (χ3v) is 4.46. The average molecular weight is 290 g/mol. The second-order valence-electron chi connectivity index (χ2n) is 4.36. The number of halogens is 2. The minimum absolute atomic E-state index is 0.0316. The summed E-state index contributed by atoms with van der Waals surface area (Å²) >= 11 is 0. The van der Waals surface area contributed by atoms with Gasteiger partial charge < -0.3 is 10.6 Å². The van der Waals surface area contributed by atoms with Gasteiger partial charge in [0.05, 0.1) is 11.5 Å². The van der Waals surface area contributed by atoms with Gasteiger partial charge in [-0.15, -0.1) is 0 Å². The van der Waals surface area contributed by atoms with E-state index in [2.05, 4.69) is 10.6 Å². The average Bonchev–Trinajstić information content (AvgIpc) is 2.55. The lowest BCUT2D eigenvalue weighted by atomic mass is 10.2. The van der Waals surface area contributed by atoms with Crippen LogP contribution in [-0.2, 0) is 9.84 Å². The van der Waals surface area contributed by atoms with Crippen molar-refractivity contribution < 1.29 is 22.0 Å². The smallest absolute Gasteiger partial charge is 0.319 e. The molecule has 2 N–H and O–H groups in total. The monoisotopic (exact) mass is 290 g/mol. The van der Waals surface area contributed by atoms with Gasteiger partial charge >= 0.3 is 6.03 Å². The molecule has 1 atom stereocenters. The fraction of sp³-hybridized carbons (Fsp3) is 0.364. The zero-order valence-electron chi connectivity index (χ0n) is 9.82. The number of nitrogens with one attached hydrogen (secondary N) is 2. The molecular weight excluding hydrogens is 278 g/mol. The van der Waals surface area contributed by atoms with Crippen LogP contribution >= 0.6 is 0 Å². The molecule has 0 aromatic heterocycles. The number of rotatable bonds is 2. The van der Waals surface area contributed by atoms with Crippen LogP contribution in [0.5, 0.6) is 0 Å². The Kier molecular flexibility index (Phi) is 3.70. The Bertz CT molecular complexity index is 584. The largest absolute Gasteiger partial charge is 0.334 e. The molecule has 0 saturated carbocycles. The molecule has 0 spiro atoms. The minimum Gasteiger partial charge on any atom is -0.334 e. The highest BCUT2D eigenvalue weighted by Crippen LogP contribution is 2.14. The summed E-state index contributed by atoms with van der Waals surface area (Å²) in [5.41, 5.74) is -0.0316. The molecule has 1 fully saturated rings. The molecule has 2 rings (SSSR count). The van der Waals surface area contributed by atoms with E-state index in [1.165, 1.54) is 0 Å². The lowest BCUT2D eigenvalue weighted by molar-refractivity contribution is 0.249. The zero-order valence-corrected chi connectivity index (χ0v) is 10.6. The molecule has 1 heterocycles. The molecule has 1 aromatic rings. The Morgan fingerprint density at radius 3 is 2.37 bits per heavy atom. The number of anilines is 1. The van der Waals surface area contributed by atoms with Crippen molar-refractivity contribution in [3.63, 3.8) is 0 Å². The first-order valence-corrected chi connectivity index (χ1v) is 7.40. The molecule has 1 aliphatic rings. The van der Waals surface area contributed by atoms with E-state index in [-0.39, 0.29) is 17.2 Å². The summed E-state index contributed by atoms with van der Waals surface area (Å²) < 4.78 is 48.2. The van der Waals surface area contributed by atoms with Crippen LogP contribution in [0, 0.1) is 11.6 Å². The number of amides is 2. The first-order chi connectivity index (χ1) is 8.84. The van der Waals surface area contributed by atoms with Crippen LogP contribution in [0.1, 0.15) is 6.42 Å². The predicted molar refractivity (Wildman–Crippen MR) is 65.6 cm³/mol. The van der Waals surface area contributed by atoms with E-state index in [4.69, 9.17) is 0 Å². The topological polar surface area (TPSA) is 75.3 Å². The quantitative estimate of drug-likeness (QED) is 0.861. The van der Waals surface area contributed by atoms with E-state index in [9.17, 15) is 22.0 Å². The van der Waals surface area contributed by atoms with Gasteiger partial charge in [0, 0.05) is 17.8 Å². The number of carbonyl (C=O) groups is 1. The maximum atomic E-state index is 12.9. The van der Waals surface area contributed by atoms with Crippen LogP contribution < -0.4 is 10.6 Å². The van der Waals surface area contributed by atoms with Crippen LogP contribution in [0.2, 0.25) is 0 Å². The van der Waals surface area contributed by atoms with Crippen LogP contribution in [-0.4, -0.2) is 32.0 Å². The molecule has 104 valence electrons. The number of benzene rings is 1. The Balaban J connectivity index is 1.95. The van der Waals surface area contributed by atoms with Crippen LogP contribution in [0.15, 0.2) is 18.2 Å². The molecule has 1 aromatic carbocycles. The Morgan fingerprint density at radius 1 is 1.21 bits per heavy atom. The molecule has 5 nitrogen and oxygen atoms in total. The normalized spacial score (nSPS) is 21.1. The Morgan fingerprint density at radius 2 is 1.84 bits per heavy atom. The SMILES string of the molecule is O=C(Nc1cc(F)cc(F)c1)NC1CCS(=O)(=O)C1. The van der Waals surface area contributed by atoms with Gasteiger partial charge in [-0.25, -0.2) is 22.0 Å². The Labute approximate surface area is 108 Å². The number of sulfone groups is 1. The van der Waals surface area contributed by atoms with E-state index in [0.717, 1.165) is 12.1 Å². The fourth-order valence-corrected chi connectivity index (χ4v) is 3.56. The van der Waals surface area contributed by atoms with Crippen molar-refractivity contribution in [2.45, 2.75) is 12.5 Å². The summed E-state index contributed by atoms with van der Waals surface area (Å²) in [6.45, 7) is 0. The van der Waals surface area contributed by atoms with Gasteiger partial charge in [-0.05, 0) is 18.6 Å². The highest BCUT2D eigenvalue weighted by Gasteiger charge is 2.28. The molecule has 8 heteroatoms. The molecular formula is C11H12F2N2O3S. The zero-order chi connectivity index (χ0) is 14.0. The number of hydrogen-bond acceptors (Lipinski definition) is 3. The lowest BCUT2D eigenvalue weighted by Crippen LogP contribution is -2.38. The summed E-state index contributed by atoms with van der Waals surface area (Å²) in [6, 6.07) is 1.46. The van der Waals surface area contributed by atoms with Crippen molar-refractivity contribution >= 4 is 21.6 Å². The summed E-state index contributed by atoms with van der Waals surface area (Å²) in [5.74, 6) is -1.69. The lowest BCUT2D eigenvalue weighted by Gasteiger charge is -2.12. The van der Waals surface area contributed by atoms with Gasteiger partial charge in [0.15, 0.2) is 9.84 Å². The summed E-state index contributed by atoms with van der Waals surface area (Å²) in [5, 5.41) is 4.70. The van der Waals surface area contributed by atoms with Gasteiger partial charge in [-0.3, -0.25) is 0 Å². The Hall–Kier alpha value is -1.70. The van der Waals surface area contributed by atoms with E-state index in [1.54, 1.807) is 0 Å². The summed E-state index contributed by atoms with van der Waals surface area (Å²) in [4.78, 5) is 11.5. The van der Waals surface area contributed by atoms with Crippen LogP contribution in [0.25, 0.3) is 0 Å². The van der Waals surface area contributed by atoms with Crippen molar-refractivity contribution in [2.24, 2.45) is 0 Å². The third-order valence-electron chi connectivity index (χ3n) is 2.69. The first-order valence-electron chi connectivity index (χ1n) is 5.58. The third kappa shape index (κ3) is 3.88. The fourth-order valence-electron chi connectivity index (χ4n) is 1.89. The standard InChI is InChI=1S/C11H12F2N2O3S/c12-7-3-8(13)5-10(4-7)15-11(16)14-9-1-2-19(17,18)6-9/h3-5,9H,1-2,6H2,(H2,14,15,16). The van der Waals surface area contributed by atoms with Crippen LogP contribution in [0.4, 0.5) is 19.3 Å². The highest BCUT2D eigenvalue weighted by molar-refractivity contribution is 7.91. The second-order valence-corrected chi connectivity index (χ2v) is 6.59. The van der Waals surface area contributed by atoms with Gasteiger partial charge in [-0.2, -0.15) is 0 Å². The first kappa shape index (κ1) is 13.7. The minimum atomic E-state index is -3.09. The summed E-state index contributed by atoms with van der Waals surface area (Å²) in [7, 11) is -3.09. The number of urea groups is 1. The molecule has 0 bridgehead atoms. The van der Waals surface area contributed by atoms with E-state index in [1.807, 2.05) is 0 Å². The second kappa shape index (κ2) is 5.12. The summed E-state index contributed by atoms with van der Waals surface area (Å²) in [6.07, 6.45) is 0.341. The molecule has 19 heavy (non-hydrogen) atoms. The van der Waals surface area contributed by atoms with E-state index < -0.39 is 33.5 Å². The maximum absolute atomic E-state index is 12.9. The van der Waals surface area contributed by atoms with Crippen molar-refractivity contribution in [2.75, 3.05) is 16.8 Å². The van der Waals surface area contributed by atoms with Gasteiger partial charge in [0.2, 0.25) is 0 Å². The molecule has 0 aliphatic carbocycles. The predicted octanol–water partition coefficient (Wildman–Crippen LogP) is 1.27. The molecule has 1 saturated heterocycles. The molecule has 1 unspecified atom stereocenters. The van der Waals surface area contributed by atoms with Crippen LogP contribution in [0.3, 0.4) is 0 Å². The maximum Gasteiger partial charge on any atom is 0.319 e. The molecule has 1 aliphatic heterocycles. The van der Waals surface area contributed by atoms with Crippen molar-refractivity contribution in [3.05, 3.63) is 29.8 Å². The van der Waals surface area contributed by atoms with E-state index >= 15 is 0 Å². The highest BCUT2D eigenvalue weighted by atomic mass is 32.2. The van der Waals surface area contributed by atoms with Crippen molar-refractivity contribution in [3.8, 4) is 0 Å². The van der Waals surface area contributed by atoms with Gasteiger partial charge in [-0.1, -0.05) is 0 Å². The van der Waals surface area contributed by atoms with Crippen molar-refractivity contribution in [1.29, 1.82) is 0 Å². The number of hydrogen-bond donors (Lipinski definition) is 2. The molecule has 0 radical (unpaired) electrons. The van der Waals surface area contributed by atoms with Gasteiger partial charge in [0.1, 0.15) is 11.6 Å². The molecule has 2 amide bonds. The van der Waals surface area contributed by atoms with Crippen molar-refractivity contribution in [1.82, 2.24) is 5.32 Å². The van der Waals surface area contributed by atoms with E-state index in [0.29, 0.717) is 12.5 Å². The van der Waals surface area contributed by atoms with Gasteiger partial charge in [0.25, 0.3) is 0 Å².